The number of amides is 1. The van der Waals surface area contributed by atoms with Crippen LogP contribution in [0.2, 0.25) is 0 Å². The van der Waals surface area contributed by atoms with Crippen molar-refractivity contribution in [1.29, 1.82) is 0 Å². The molecule has 3 aromatic rings. The molecule has 29 heavy (non-hydrogen) atoms. The molecule has 1 amide bonds. The Hall–Kier alpha value is -3.42. The van der Waals surface area contributed by atoms with Gasteiger partial charge in [0.15, 0.2) is 5.76 Å². The molecule has 0 aliphatic carbocycles. The highest BCUT2D eigenvalue weighted by Gasteiger charge is 2.18. The van der Waals surface area contributed by atoms with Gasteiger partial charge in [-0.2, -0.15) is 5.10 Å². The van der Waals surface area contributed by atoms with Crippen molar-refractivity contribution in [3.63, 3.8) is 0 Å². The van der Waals surface area contributed by atoms with Gasteiger partial charge in [-0.25, -0.2) is 9.18 Å². The van der Waals surface area contributed by atoms with Gasteiger partial charge >= 0.3 is 5.97 Å². The van der Waals surface area contributed by atoms with Crippen LogP contribution >= 0.6 is 0 Å². The SMILES string of the molecule is CN(CCCCCc1cc(-c2ccc(F)cc2)n[nH]1)C(=O)c1cc(C(=O)O)co1. The second-order valence-electron chi connectivity index (χ2n) is 6.83. The molecule has 2 N–H and O–H groups in total. The Morgan fingerprint density at radius 3 is 2.62 bits per heavy atom. The number of nitrogens with zero attached hydrogens (tertiary/aromatic N) is 2. The molecule has 1 aromatic carbocycles. The van der Waals surface area contributed by atoms with Crippen LogP contribution in [0.3, 0.4) is 0 Å². The maximum atomic E-state index is 13.0. The van der Waals surface area contributed by atoms with Crippen molar-refractivity contribution < 1.29 is 23.5 Å². The molecule has 0 saturated heterocycles. The van der Waals surface area contributed by atoms with Crippen LogP contribution in [0.25, 0.3) is 11.3 Å². The summed E-state index contributed by atoms with van der Waals surface area (Å²) >= 11 is 0. The maximum absolute atomic E-state index is 13.0. The summed E-state index contributed by atoms with van der Waals surface area (Å²) in [5.41, 5.74) is 2.61. The predicted molar refractivity (Wildman–Crippen MR) is 104 cm³/mol. The maximum Gasteiger partial charge on any atom is 0.338 e. The molecule has 152 valence electrons. The third kappa shape index (κ3) is 5.31. The number of carbonyl (C=O) groups excluding carboxylic acids is 1. The average Bonchev–Trinajstić information content (AvgIpc) is 3.37. The largest absolute Gasteiger partial charge is 0.478 e. The van der Waals surface area contributed by atoms with E-state index in [1.807, 2.05) is 6.07 Å². The molecule has 2 heterocycles. The molecule has 8 heteroatoms. The van der Waals surface area contributed by atoms with Gasteiger partial charge in [0.1, 0.15) is 12.1 Å². The van der Waals surface area contributed by atoms with Crippen molar-refractivity contribution >= 4 is 11.9 Å². The molecule has 0 bridgehead atoms. The van der Waals surface area contributed by atoms with Crippen molar-refractivity contribution in [1.82, 2.24) is 15.1 Å². The van der Waals surface area contributed by atoms with E-state index >= 15 is 0 Å². The fourth-order valence-electron chi connectivity index (χ4n) is 2.95. The first-order valence-electron chi connectivity index (χ1n) is 9.31. The molecule has 0 atom stereocenters. The van der Waals surface area contributed by atoms with Crippen LogP contribution in [0.4, 0.5) is 4.39 Å². The van der Waals surface area contributed by atoms with E-state index in [9.17, 15) is 14.0 Å². The van der Waals surface area contributed by atoms with Gasteiger partial charge in [0.05, 0.1) is 11.3 Å². The first-order valence-corrected chi connectivity index (χ1v) is 9.31. The number of nitrogens with one attached hydrogen (secondary N) is 1. The summed E-state index contributed by atoms with van der Waals surface area (Å²) in [5, 5.41) is 16.1. The summed E-state index contributed by atoms with van der Waals surface area (Å²) < 4.78 is 18.0. The van der Waals surface area contributed by atoms with Crippen molar-refractivity contribution in [3.05, 3.63) is 65.5 Å². The Morgan fingerprint density at radius 1 is 1.17 bits per heavy atom. The van der Waals surface area contributed by atoms with Crippen molar-refractivity contribution in [2.45, 2.75) is 25.7 Å². The van der Waals surface area contributed by atoms with Crippen LogP contribution in [0.1, 0.15) is 45.9 Å². The zero-order chi connectivity index (χ0) is 20.8. The molecule has 0 unspecified atom stereocenters. The van der Waals surface area contributed by atoms with E-state index in [0.717, 1.165) is 48.9 Å². The Kier molecular flexibility index (Phi) is 6.43. The highest BCUT2D eigenvalue weighted by atomic mass is 19.1. The third-order valence-electron chi connectivity index (χ3n) is 4.61. The number of rotatable bonds is 9. The molecular weight excluding hydrogens is 377 g/mol. The van der Waals surface area contributed by atoms with Gasteiger partial charge in [-0.3, -0.25) is 9.89 Å². The van der Waals surface area contributed by atoms with E-state index in [0.29, 0.717) is 6.54 Å². The summed E-state index contributed by atoms with van der Waals surface area (Å²) in [7, 11) is 1.66. The number of aromatic carboxylic acids is 1. The normalized spacial score (nSPS) is 10.8. The Balaban J connectivity index is 1.40. The number of furan rings is 1. The number of halogens is 1. The minimum atomic E-state index is -1.13. The summed E-state index contributed by atoms with van der Waals surface area (Å²) in [6.07, 6.45) is 4.55. The highest BCUT2D eigenvalue weighted by molar-refractivity contribution is 5.95. The predicted octanol–water partition coefficient (Wildman–Crippen LogP) is 3.99. The van der Waals surface area contributed by atoms with Crippen LogP contribution in [0, 0.1) is 5.82 Å². The van der Waals surface area contributed by atoms with Gasteiger partial charge in [-0.05, 0) is 49.6 Å². The second kappa shape index (κ2) is 9.18. The van der Waals surface area contributed by atoms with Gasteiger partial charge in [0.25, 0.3) is 5.91 Å². The number of carboxylic acid groups (broad SMARTS) is 1. The fraction of sp³-hybridized carbons (Fsp3) is 0.286. The number of unbranched alkanes of at least 4 members (excludes halogenated alkanes) is 2. The van der Waals surface area contributed by atoms with E-state index in [-0.39, 0.29) is 23.0 Å². The Labute approximate surface area is 167 Å². The van der Waals surface area contributed by atoms with Crippen LogP contribution in [0.5, 0.6) is 0 Å². The van der Waals surface area contributed by atoms with Gasteiger partial charge in [-0.1, -0.05) is 6.42 Å². The lowest BCUT2D eigenvalue weighted by atomic mass is 10.1. The molecule has 0 aliphatic heterocycles. The topological polar surface area (TPSA) is 99.4 Å². The zero-order valence-corrected chi connectivity index (χ0v) is 16.0. The molecule has 3 rings (SSSR count). The summed E-state index contributed by atoms with van der Waals surface area (Å²) in [6, 6.07) is 9.40. The van der Waals surface area contributed by atoms with E-state index < -0.39 is 5.97 Å². The number of H-pyrrole nitrogens is 1. The standard InChI is InChI=1S/C21H22FN3O4/c1-25(20(26)19-11-15(13-29-19)21(27)28)10-4-2-3-5-17-12-18(24-23-17)14-6-8-16(22)9-7-14/h6-9,11-13H,2-5,10H2,1H3,(H,23,24)(H,27,28). The summed E-state index contributed by atoms with van der Waals surface area (Å²) in [5.74, 6) is -1.72. The summed E-state index contributed by atoms with van der Waals surface area (Å²) in [6.45, 7) is 0.547. The lowest BCUT2D eigenvalue weighted by molar-refractivity contribution is 0.0695. The number of carboxylic acids is 1. The zero-order valence-electron chi connectivity index (χ0n) is 16.0. The lowest BCUT2D eigenvalue weighted by Gasteiger charge is -2.15. The van der Waals surface area contributed by atoms with Gasteiger partial charge < -0.3 is 14.4 Å². The molecule has 0 saturated carbocycles. The Morgan fingerprint density at radius 2 is 1.93 bits per heavy atom. The van der Waals surface area contributed by atoms with Gasteiger partial charge in [-0.15, -0.1) is 0 Å². The van der Waals surface area contributed by atoms with E-state index in [1.165, 1.54) is 23.1 Å². The summed E-state index contributed by atoms with van der Waals surface area (Å²) in [4.78, 5) is 24.6. The van der Waals surface area contributed by atoms with Crippen LogP contribution in [-0.2, 0) is 6.42 Å². The number of hydrogen-bond acceptors (Lipinski definition) is 4. The van der Waals surface area contributed by atoms with E-state index in [2.05, 4.69) is 10.2 Å². The van der Waals surface area contributed by atoms with Gasteiger partial charge in [0, 0.05) is 30.9 Å². The minimum Gasteiger partial charge on any atom is -0.478 e. The number of hydrogen-bond donors (Lipinski definition) is 2. The second-order valence-corrected chi connectivity index (χ2v) is 6.83. The molecule has 7 nitrogen and oxygen atoms in total. The number of aromatic amines is 1. The monoisotopic (exact) mass is 399 g/mol. The van der Waals surface area contributed by atoms with Crippen LogP contribution < -0.4 is 0 Å². The first-order chi connectivity index (χ1) is 13.9. The average molecular weight is 399 g/mol. The molecule has 2 aromatic heterocycles. The van der Waals surface area contributed by atoms with Crippen LogP contribution in [0.15, 0.2) is 47.1 Å². The molecule has 0 radical (unpaired) electrons. The van der Waals surface area contributed by atoms with E-state index in [1.54, 1.807) is 19.2 Å². The fourth-order valence-corrected chi connectivity index (χ4v) is 2.95. The first kappa shape index (κ1) is 20.3. The third-order valence-corrected chi connectivity index (χ3v) is 4.61. The molecule has 0 aliphatic rings. The number of benzene rings is 1. The highest BCUT2D eigenvalue weighted by Crippen LogP contribution is 2.19. The molecular formula is C21H22FN3O4. The van der Waals surface area contributed by atoms with Crippen molar-refractivity contribution in [3.8, 4) is 11.3 Å². The van der Waals surface area contributed by atoms with Crippen molar-refractivity contribution in [2.75, 3.05) is 13.6 Å². The molecule has 0 spiro atoms. The molecule has 0 fully saturated rings. The number of aromatic nitrogens is 2. The number of carbonyl (C=O) groups is 2. The smallest absolute Gasteiger partial charge is 0.338 e. The number of aryl methyl sites for hydroxylation is 1. The lowest BCUT2D eigenvalue weighted by Crippen LogP contribution is -2.27. The minimum absolute atomic E-state index is 0.0238. The van der Waals surface area contributed by atoms with E-state index in [4.69, 9.17) is 9.52 Å². The van der Waals surface area contributed by atoms with Crippen molar-refractivity contribution in [2.24, 2.45) is 0 Å². The Bertz CT molecular complexity index is 978. The quantitative estimate of drug-likeness (QED) is 0.530. The van der Waals surface area contributed by atoms with Gasteiger partial charge in [0.2, 0.25) is 0 Å². The van der Waals surface area contributed by atoms with Crippen LogP contribution in [-0.4, -0.2) is 45.7 Å².